The fourth-order valence-corrected chi connectivity index (χ4v) is 1.06. The third kappa shape index (κ3) is 20.8. The van der Waals surface area contributed by atoms with Gasteiger partial charge in [-0.3, -0.25) is 9.59 Å². The number of rotatable bonds is 5. The van der Waals surface area contributed by atoms with E-state index >= 15 is 0 Å². The first-order valence-electron chi connectivity index (χ1n) is 7.45. The first-order chi connectivity index (χ1) is 9.96. The van der Waals surface area contributed by atoms with Crippen LogP contribution < -0.4 is 0 Å². The zero-order valence-electron chi connectivity index (χ0n) is 15.2. The van der Waals surface area contributed by atoms with Crippen LogP contribution in [0.2, 0.25) is 19.6 Å². The molecular weight excluding hydrogens is 300 g/mol. The highest BCUT2D eigenvalue weighted by Crippen LogP contribution is 2.00. The van der Waals surface area contributed by atoms with Crippen LogP contribution in [0.1, 0.15) is 40.5 Å². The van der Waals surface area contributed by atoms with Crippen LogP contribution in [0.25, 0.3) is 5.53 Å². The molecular formula is C15H32N2O4Si. The zero-order chi connectivity index (χ0) is 18.3. The quantitative estimate of drug-likeness (QED) is 0.274. The molecule has 0 amide bonds. The summed E-state index contributed by atoms with van der Waals surface area (Å²) >= 11 is 0. The maximum Gasteiger partial charge on any atom is 0.308 e. The Morgan fingerprint density at radius 1 is 1.18 bits per heavy atom. The molecule has 6 nitrogen and oxygen atoms in total. The van der Waals surface area contributed by atoms with Crippen molar-refractivity contribution in [2.24, 2.45) is 11.8 Å². The lowest BCUT2D eigenvalue weighted by Gasteiger charge is -2.02. The first kappa shape index (κ1) is 25.5. The van der Waals surface area contributed by atoms with Gasteiger partial charge < -0.3 is 15.4 Å². The monoisotopic (exact) mass is 332 g/mol. The molecule has 2 atom stereocenters. The van der Waals surface area contributed by atoms with E-state index < -0.39 is 14.0 Å². The molecule has 0 radical (unpaired) electrons. The highest BCUT2D eigenvalue weighted by atomic mass is 28.3. The van der Waals surface area contributed by atoms with E-state index in [1.807, 2.05) is 20.8 Å². The predicted molar refractivity (Wildman–Crippen MR) is 91.6 cm³/mol. The van der Waals surface area contributed by atoms with Gasteiger partial charge in [0.15, 0.2) is 8.07 Å². The second-order valence-electron chi connectivity index (χ2n) is 6.09. The van der Waals surface area contributed by atoms with Crippen LogP contribution in [0, 0.1) is 11.8 Å². The lowest BCUT2D eigenvalue weighted by molar-refractivity contribution is -0.145. The van der Waals surface area contributed by atoms with Crippen molar-refractivity contribution in [2.75, 3.05) is 7.11 Å². The summed E-state index contributed by atoms with van der Waals surface area (Å²) in [6, 6.07) is 0. The third-order valence-electron chi connectivity index (χ3n) is 2.69. The van der Waals surface area contributed by atoms with Gasteiger partial charge >= 0.3 is 11.9 Å². The Hall–Kier alpha value is -1.46. The Morgan fingerprint density at radius 2 is 1.59 bits per heavy atom. The van der Waals surface area contributed by atoms with E-state index in [2.05, 4.69) is 29.2 Å². The summed E-state index contributed by atoms with van der Waals surface area (Å²) in [6.45, 7) is 13.7. The summed E-state index contributed by atoms with van der Waals surface area (Å²) in [6.07, 6.45) is 1.57. The number of carbonyl (C=O) groups is 2. The maximum atomic E-state index is 10.5. The molecule has 130 valence electrons. The van der Waals surface area contributed by atoms with Gasteiger partial charge in [0.2, 0.25) is 5.84 Å². The fraction of sp³-hybridized carbons (Fsp3) is 0.800. The van der Waals surface area contributed by atoms with E-state index in [-0.39, 0.29) is 17.8 Å². The van der Waals surface area contributed by atoms with E-state index in [1.165, 1.54) is 7.11 Å². The highest BCUT2D eigenvalue weighted by Gasteiger charge is 2.14. The van der Waals surface area contributed by atoms with Gasteiger partial charge in [-0.2, -0.15) is 4.79 Å². The Balaban J connectivity index is -0.000000247. The Labute approximate surface area is 135 Å². The molecule has 0 rings (SSSR count). The Bertz CT molecular complexity index is 361. The van der Waals surface area contributed by atoms with Crippen molar-refractivity contribution in [3.8, 4) is 0 Å². The molecule has 0 spiro atoms. The Kier molecular flexibility index (Phi) is 16.8. The molecule has 2 unspecified atom stereocenters. The molecule has 0 aromatic rings. The number of nitrogens with zero attached hydrogens (tertiary/aromatic N) is 2. The number of esters is 1. The molecule has 0 aliphatic heterocycles. The topological polar surface area (TPSA) is 100 Å². The number of ether oxygens (including phenoxy) is 1. The van der Waals surface area contributed by atoms with Crippen LogP contribution >= 0.6 is 0 Å². The van der Waals surface area contributed by atoms with Gasteiger partial charge in [-0.25, -0.2) is 0 Å². The normalized spacial score (nSPS) is 12.2. The van der Waals surface area contributed by atoms with E-state index in [9.17, 15) is 9.59 Å². The smallest absolute Gasteiger partial charge is 0.308 e. The standard InChI is InChI=1S/C6H12O2.C5H10O2.C4H10N2Si/c1-4-5(2)6(7)8-3;1-3-4(2)5(6)7;1-7(2,3)4-6-5/h5H,4H2,1-3H3;4H,3H2,1-2H3,(H,6,7);4H,1-3H3. The molecule has 0 saturated heterocycles. The van der Waals surface area contributed by atoms with Crippen LogP contribution in [-0.2, 0) is 14.3 Å². The van der Waals surface area contributed by atoms with Crippen molar-refractivity contribution >= 4 is 25.9 Å². The van der Waals surface area contributed by atoms with Gasteiger partial charge in [-0.05, 0) is 12.8 Å². The summed E-state index contributed by atoms with van der Waals surface area (Å²) < 4.78 is 4.46. The lowest BCUT2D eigenvalue weighted by atomic mass is 10.1. The summed E-state index contributed by atoms with van der Waals surface area (Å²) in [5.74, 6) is 0.683. The summed E-state index contributed by atoms with van der Waals surface area (Å²) in [5.41, 5.74) is 8.01. The van der Waals surface area contributed by atoms with Crippen molar-refractivity contribution < 1.29 is 24.2 Å². The van der Waals surface area contributed by atoms with E-state index in [1.54, 1.807) is 12.8 Å². The van der Waals surface area contributed by atoms with Crippen molar-refractivity contribution in [1.82, 2.24) is 0 Å². The number of methoxy groups -OCH3 is 1. The number of carboxylic acid groups (broad SMARTS) is 1. The molecule has 0 aromatic carbocycles. The predicted octanol–water partition coefficient (Wildman–Crippen LogP) is 3.49. The lowest BCUT2D eigenvalue weighted by Crippen LogP contribution is -2.22. The maximum absolute atomic E-state index is 10.5. The van der Waals surface area contributed by atoms with Gasteiger partial charge in [-0.15, -0.1) is 0 Å². The molecule has 0 saturated carbocycles. The molecule has 0 bridgehead atoms. The number of hydrogen-bond acceptors (Lipinski definition) is 3. The van der Waals surface area contributed by atoms with E-state index in [0.717, 1.165) is 12.8 Å². The number of carboxylic acids is 1. The summed E-state index contributed by atoms with van der Waals surface area (Å²) in [4.78, 5) is 23.4. The van der Waals surface area contributed by atoms with E-state index in [0.29, 0.717) is 0 Å². The summed E-state index contributed by atoms with van der Waals surface area (Å²) in [7, 11) is 0.212. The van der Waals surface area contributed by atoms with E-state index in [4.69, 9.17) is 10.6 Å². The second-order valence-corrected chi connectivity index (χ2v) is 11.1. The van der Waals surface area contributed by atoms with Crippen LogP contribution in [0.3, 0.4) is 0 Å². The molecule has 0 aromatic heterocycles. The van der Waals surface area contributed by atoms with Crippen molar-refractivity contribution in [3.05, 3.63) is 5.53 Å². The van der Waals surface area contributed by atoms with Crippen LogP contribution in [0.4, 0.5) is 0 Å². The van der Waals surface area contributed by atoms with Gasteiger partial charge in [0.1, 0.15) is 0 Å². The minimum Gasteiger partial charge on any atom is -0.481 e. The zero-order valence-corrected chi connectivity index (χ0v) is 16.2. The van der Waals surface area contributed by atoms with Crippen molar-refractivity contribution in [3.63, 3.8) is 0 Å². The number of carbonyl (C=O) groups excluding carboxylic acids is 1. The highest BCUT2D eigenvalue weighted by molar-refractivity contribution is 6.98. The van der Waals surface area contributed by atoms with Crippen LogP contribution in [-0.4, -0.2) is 42.9 Å². The van der Waals surface area contributed by atoms with Gasteiger partial charge in [-0.1, -0.05) is 47.3 Å². The minimum atomic E-state index is -1.20. The van der Waals surface area contributed by atoms with Crippen LogP contribution in [0.5, 0.6) is 0 Å². The second kappa shape index (κ2) is 14.5. The number of hydrogen-bond donors (Lipinski definition) is 1. The fourth-order valence-electron chi connectivity index (χ4n) is 0.716. The van der Waals surface area contributed by atoms with Gasteiger partial charge in [0.05, 0.1) is 18.9 Å². The largest absolute Gasteiger partial charge is 0.481 e. The molecule has 0 aliphatic rings. The van der Waals surface area contributed by atoms with Crippen LogP contribution in [0.15, 0.2) is 0 Å². The average molecular weight is 333 g/mol. The Morgan fingerprint density at radius 3 is 1.64 bits per heavy atom. The van der Waals surface area contributed by atoms with Gasteiger partial charge in [0.25, 0.3) is 0 Å². The first-order valence-corrected chi connectivity index (χ1v) is 11.0. The minimum absolute atomic E-state index is 0.0556. The average Bonchev–Trinajstić information content (AvgIpc) is 2.44. The van der Waals surface area contributed by atoms with Crippen molar-refractivity contribution in [2.45, 2.75) is 60.2 Å². The molecule has 0 fully saturated rings. The third-order valence-corrected chi connectivity index (χ3v) is 3.58. The SMILES string of the molecule is CCC(C)C(=O)O.CCC(C)C(=O)OC.C[Si](C)(C)C=[N+]=[N-]. The number of aliphatic carboxylic acids is 1. The molecule has 0 heterocycles. The van der Waals surface area contributed by atoms with Gasteiger partial charge in [0, 0.05) is 0 Å². The molecule has 1 N–H and O–H groups in total. The molecule has 0 aliphatic carbocycles. The molecule has 22 heavy (non-hydrogen) atoms. The van der Waals surface area contributed by atoms with Crippen molar-refractivity contribution in [1.29, 1.82) is 0 Å². The summed E-state index contributed by atoms with van der Waals surface area (Å²) in [5, 5.41) is 8.18. The molecule has 7 heteroatoms.